The molecule has 1 fully saturated rings. The van der Waals surface area contributed by atoms with E-state index in [0.717, 1.165) is 10.0 Å². The number of carbonyl (C=O) groups is 2. The summed E-state index contributed by atoms with van der Waals surface area (Å²) in [6.07, 6.45) is 1.23. The van der Waals surface area contributed by atoms with Gasteiger partial charge in [0, 0.05) is 4.47 Å². The minimum atomic E-state index is -0.865. The van der Waals surface area contributed by atoms with Crippen molar-refractivity contribution in [3.8, 4) is 0 Å². The van der Waals surface area contributed by atoms with Gasteiger partial charge in [0.2, 0.25) is 5.91 Å². The molecule has 1 aliphatic carbocycles. The number of benzene rings is 1. The second kappa shape index (κ2) is 6.60. The summed E-state index contributed by atoms with van der Waals surface area (Å²) >= 11 is 3.38. The third kappa shape index (κ3) is 3.84. The molecule has 0 aliphatic heterocycles. The maximum absolute atomic E-state index is 12.4. The van der Waals surface area contributed by atoms with Crippen LogP contribution in [0.4, 0.5) is 0 Å². The summed E-state index contributed by atoms with van der Waals surface area (Å²) < 4.78 is 0.986. The molecule has 5 heteroatoms. The highest BCUT2D eigenvalue weighted by atomic mass is 79.9. The Balaban J connectivity index is 2.03. The van der Waals surface area contributed by atoms with Crippen LogP contribution in [0.1, 0.15) is 38.3 Å². The highest BCUT2D eigenvalue weighted by molar-refractivity contribution is 9.10. The van der Waals surface area contributed by atoms with Gasteiger partial charge in [-0.3, -0.25) is 9.59 Å². The smallest absolute Gasteiger partial charge is 0.307 e. The first-order valence-electron chi connectivity index (χ1n) is 7.17. The predicted octanol–water partition coefficient (Wildman–Crippen LogP) is 3.37. The minimum absolute atomic E-state index is 0.129. The summed E-state index contributed by atoms with van der Waals surface area (Å²) in [5.74, 6) is -1.71. The van der Waals surface area contributed by atoms with Crippen LogP contribution in [0.2, 0.25) is 0 Å². The summed E-state index contributed by atoms with van der Waals surface area (Å²) in [7, 11) is 0. The average molecular weight is 354 g/mol. The van der Waals surface area contributed by atoms with Gasteiger partial charge in [0.05, 0.1) is 17.9 Å². The Labute approximate surface area is 133 Å². The lowest BCUT2D eigenvalue weighted by atomic mass is 9.94. The zero-order valence-electron chi connectivity index (χ0n) is 12.2. The molecular weight excluding hydrogens is 334 g/mol. The van der Waals surface area contributed by atoms with Gasteiger partial charge in [0.1, 0.15) is 0 Å². The fourth-order valence-electron chi connectivity index (χ4n) is 3.01. The molecule has 1 amide bonds. The van der Waals surface area contributed by atoms with Crippen molar-refractivity contribution in [1.82, 2.24) is 5.32 Å². The number of nitrogens with one attached hydrogen (secondary N) is 1. The Hall–Kier alpha value is -1.36. The molecule has 0 bridgehead atoms. The molecule has 1 aromatic rings. The zero-order valence-corrected chi connectivity index (χ0v) is 13.8. The van der Waals surface area contributed by atoms with Crippen molar-refractivity contribution in [2.24, 2.45) is 17.8 Å². The zero-order chi connectivity index (χ0) is 15.6. The molecule has 114 valence electrons. The second-order valence-electron chi connectivity index (χ2n) is 5.91. The van der Waals surface area contributed by atoms with Crippen LogP contribution in [-0.2, 0) is 9.59 Å². The molecule has 0 saturated heterocycles. The summed E-state index contributed by atoms with van der Waals surface area (Å²) in [6.45, 7) is 3.91. The first-order valence-corrected chi connectivity index (χ1v) is 7.96. The minimum Gasteiger partial charge on any atom is -0.481 e. The molecule has 0 heterocycles. The highest BCUT2D eigenvalue weighted by Gasteiger charge is 2.41. The van der Waals surface area contributed by atoms with Gasteiger partial charge >= 0.3 is 5.97 Å². The van der Waals surface area contributed by atoms with Crippen LogP contribution in [0.5, 0.6) is 0 Å². The van der Waals surface area contributed by atoms with Gasteiger partial charge in [-0.15, -0.1) is 0 Å². The molecule has 4 atom stereocenters. The summed E-state index contributed by atoms with van der Waals surface area (Å²) in [4.78, 5) is 23.6. The Morgan fingerprint density at radius 2 is 1.81 bits per heavy atom. The van der Waals surface area contributed by atoms with E-state index in [1.54, 1.807) is 0 Å². The molecule has 4 nitrogen and oxygen atoms in total. The van der Waals surface area contributed by atoms with Crippen molar-refractivity contribution >= 4 is 27.8 Å². The van der Waals surface area contributed by atoms with Gasteiger partial charge in [-0.2, -0.15) is 0 Å². The van der Waals surface area contributed by atoms with Gasteiger partial charge in [-0.05, 0) is 43.4 Å². The van der Waals surface area contributed by atoms with Crippen LogP contribution in [0.15, 0.2) is 28.7 Å². The Morgan fingerprint density at radius 1 is 1.24 bits per heavy atom. The standard InChI is InChI=1S/C16H20BrNO3/c1-9-7-13(14(8-9)16(20)21)15(19)18-10(2)11-3-5-12(17)6-4-11/h3-6,9-10,13-14H,7-8H2,1-2H3,(H,18,19)(H,20,21)/t9?,10-,13-,14+/m0/s1. The van der Waals surface area contributed by atoms with E-state index in [1.165, 1.54) is 0 Å². The average Bonchev–Trinajstić information content (AvgIpc) is 2.82. The number of carbonyl (C=O) groups excluding carboxylic acids is 1. The van der Waals surface area contributed by atoms with Crippen LogP contribution < -0.4 is 5.32 Å². The van der Waals surface area contributed by atoms with Crippen LogP contribution in [0.3, 0.4) is 0 Å². The van der Waals surface area contributed by atoms with Crippen molar-refractivity contribution in [3.63, 3.8) is 0 Å². The van der Waals surface area contributed by atoms with Crippen LogP contribution in [0.25, 0.3) is 0 Å². The lowest BCUT2D eigenvalue weighted by Crippen LogP contribution is -2.36. The quantitative estimate of drug-likeness (QED) is 0.871. The van der Waals surface area contributed by atoms with Gasteiger partial charge in [0.15, 0.2) is 0 Å². The maximum Gasteiger partial charge on any atom is 0.307 e. The first kappa shape index (κ1) is 16.0. The van der Waals surface area contributed by atoms with Crippen molar-refractivity contribution in [1.29, 1.82) is 0 Å². The molecule has 1 aromatic carbocycles. The van der Waals surface area contributed by atoms with Crippen molar-refractivity contribution < 1.29 is 14.7 Å². The molecular formula is C16H20BrNO3. The SMILES string of the molecule is CC1C[C@H](C(=O)N[C@@H](C)c2ccc(Br)cc2)[C@H](C(=O)O)C1. The third-order valence-electron chi connectivity index (χ3n) is 4.18. The van der Waals surface area contributed by atoms with E-state index < -0.39 is 17.8 Å². The number of aliphatic carboxylic acids is 1. The topological polar surface area (TPSA) is 66.4 Å². The second-order valence-corrected chi connectivity index (χ2v) is 6.83. The Morgan fingerprint density at radius 3 is 2.38 bits per heavy atom. The monoisotopic (exact) mass is 353 g/mol. The van der Waals surface area contributed by atoms with E-state index in [9.17, 15) is 14.7 Å². The fraction of sp³-hybridized carbons (Fsp3) is 0.500. The van der Waals surface area contributed by atoms with Crippen molar-refractivity contribution in [2.75, 3.05) is 0 Å². The molecule has 0 aromatic heterocycles. The van der Waals surface area contributed by atoms with E-state index >= 15 is 0 Å². The van der Waals surface area contributed by atoms with E-state index in [-0.39, 0.29) is 17.9 Å². The Kier molecular flexibility index (Phi) is 5.04. The van der Waals surface area contributed by atoms with Crippen LogP contribution in [-0.4, -0.2) is 17.0 Å². The lowest BCUT2D eigenvalue weighted by molar-refractivity contribution is -0.146. The molecule has 2 N–H and O–H groups in total. The molecule has 0 radical (unpaired) electrons. The lowest BCUT2D eigenvalue weighted by Gasteiger charge is -2.20. The molecule has 1 saturated carbocycles. The number of carboxylic acid groups (broad SMARTS) is 1. The predicted molar refractivity (Wildman–Crippen MR) is 83.7 cm³/mol. The highest BCUT2D eigenvalue weighted by Crippen LogP contribution is 2.36. The van der Waals surface area contributed by atoms with Gasteiger partial charge in [-0.25, -0.2) is 0 Å². The number of hydrogen-bond donors (Lipinski definition) is 2. The van der Waals surface area contributed by atoms with Crippen LogP contribution >= 0.6 is 15.9 Å². The van der Waals surface area contributed by atoms with Gasteiger partial charge in [0.25, 0.3) is 0 Å². The molecule has 0 spiro atoms. The van der Waals surface area contributed by atoms with Crippen molar-refractivity contribution in [3.05, 3.63) is 34.3 Å². The fourth-order valence-corrected chi connectivity index (χ4v) is 3.27. The number of hydrogen-bond acceptors (Lipinski definition) is 2. The van der Waals surface area contributed by atoms with Crippen LogP contribution in [0, 0.1) is 17.8 Å². The summed E-state index contributed by atoms with van der Waals surface area (Å²) in [5, 5.41) is 12.2. The third-order valence-corrected chi connectivity index (χ3v) is 4.71. The summed E-state index contributed by atoms with van der Waals surface area (Å²) in [5.41, 5.74) is 1.00. The van der Waals surface area contributed by atoms with E-state index in [4.69, 9.17) is 0 Å². The van der Waals surface area contributed by atoms with E-state index in [0.29, 0.717) is 12.8 Å². The van der Waals surface area contributed by atoms with Gasteiger partial charge in [-0.1, -0.05) is 35.0 Å². The number of halogens is 1. The number of amides is 1. The molecule has 1 aliphatic rings. The maximum atomic E-state index is 12.4. The van der Waals surface area contributed by atoms with E-state index in [1.807, 2.05) is 38.1 Å². The number of carboxylic acids is 1. The van der Waals surface area contributed by atoms with Crippen molar-refractivity contribution in [2.45, 2.75) is 32.7 Å². The molecule has 21 heavy (non-hydrogen) atoms. The largest absolute Gasteiger partial charge is 0.481 e. The Bertz CT molecular complexity index is 529. The normalized spacial score (nSPS) is 26.3. The number of rotatable bonds is 4. The molecule has 2 rings (SSSR count). The van der Waals surface area contributed by atoms with Gasteiger partial charge < -0.3 is 10.4 Å². The molecule has 1 unspecified atom stereocenters. The van der Waals surface area contributed by atoms with E-state index in [2.05, 4.69) is 21.2 Å². The first-order chi connectivity index (χ1) is 9.88. The summed E-state index contributed by atoms with van der Waals surface area (Å²) in [6, 6.07) is 7.61.